The first-order valence-electron chi connectivity index (χ1n) is 11.7. The van der Waals surface area contributed by atoms with E-state index < -0.39 is 39.3 Å². The van der Waals surface area contributed by atoms with Crippen molar-refractivity contribution < 1.29 is 22.9 Å². The van der Waals surface area contributed by atoms with Gasteiger partial charge in [-0.1, -0.05) is 52.3 Å². The standard InChI is InChI=1S/C26H27BrN4O6S/c1-3-28-26(33)19(2)29(17-20-9-7-10-21(27)15-20)25(32)18-30(22-11-8-12-23(16-22)31(34)35)38(36,37)24-13-5-4-6-14-24/h4-16,19H,3,17-18H2,1-2H3,(H,28,33)/t19-/m0/s1. The molecule has 2 amide bonds. The van der Waals surface area contributed by atoms with E-state index >= 15 is 0 Å². The van der Waals surface area contributed by atoms with Crippen LogP contribution in [0.1, 0.15) is 19.4 Å². The monoisotopic (exact) mass is 602 g/mol. The first kappa shape index (κ1) is 28.8. The van der Waals surface area contributed by atoms with E-state index in [4.69, 9.17) is 0 Å². The van der Waals surface area contributed by atoms with Gasteiger partial charge in [0.15, 0.2) is 0 Å². The van der Waals surface area contributed by atoms with Crippen molar-refractivity contribution >= 4 is 49.1 Å². The lowest BCUT2D eigenvalue weighted by Crippen LogP contribution is -2.51. The van der Waals surface area contributed by atoms with Crippen molar-refractivity contribution in [2.45, 2.75) is 31.3 Å². The van der Waals surface area contributed by atoms with E-state index in [0.717, 1.165) is 20.4 Å². The molecule has 0 heterocycles. The van der Waals surface area contributed by atoms with Gasteiger partial charge in [0, 0.05) is 29.7 Å². The summed E-state index contributed by atoms with van der Waals surface area (Å²) in [6, 6.07) is 18.8. The van der Waals surface area contributed by atoms with E-state index in [1.165, 1.54) is 47.4 Å². The Kier molecular flexibility index (Phi) is 9.59. The molecule has 38 heavy (non-hydrogen) atoms. The molecule has 0 radical (unpaired) electrons. The molecule has 0 spiro atoms. The first-order valence-corrected chi connectivity index (χ1v) is 13.9. The van der Waals surface area contributed by atoms with Crippen LogP contribution in [-0.2, 0) is 26.2 Å². The lowest BCUT2D eigenvalue weighted by Gasteiger charge is -2.32. The highest BCUT2D eigenvalue weighted by atomic mass is 79.9. The molecule has 0 saturated carbocycles. The highest BCUT2D eigenvalue weighted by Crippen LogP contribution is 2.27. The number of nitrogens with zero attached hydrogens (tertiary/aromatic N) is 3. The number of nitrogens with one attached hydrogen (secondary N) is 1. The van der Waals surface area contributed by atoms with Crippen molar-refractivity contribution in [2.24, 2.45) is 0 Å². The Morgan fingerprint density at radius 2 is 1.71 bits per heavy atom. The molecule has 0 aromatic heterocycles. The number of carbonyl (C=O) groups is 2. The number of amides is 2. The third-order valence-corrected chi connectivity index (χ3v) is 7.98. The topological polar surface area (TPSA) is 130 Å². The minimum absolute atomic E-state index is 0.0325. The molecule has 3 rings (SSSR count). The third kappa shape index (κ3) is 6.95. The number of sulfonamides is 1. The number of rotatable bonds is 11. The summed E-state index contributed by atoms with van der Waals surface area (Å²) >= 11 is 3.40. The van der Waals surface area contributed by atoms with E-state index in [2.05, 4.69) is 21.2 Å². The van der Waals surface area contributed by atoms with Gasteiger partial charge >= 0.3 is 0 Å². The average Bonchev–Trinajstić information content (AvgIpc) is 2.90. The molecular formula is C26H27BrN4O6S. The second-order valence-electron chi connectivity index (χ2n) is 8.32. The van der Waals surface area contributed by atoms with Crippen LogP contribution in [0.15, 0.2) is 88.2 Å². The fraction of sp³-hybridized carbons (Fsp3) is 0.231. The Morgan fingerprint density at radius 3 is 2.34 bits per heavy atom. The van der Waals surface area contributed by atoms with Gasteiger partial charge in [-0.25, -0.2) is 8.42 Å². The average molecular weight is 603 g/mol. The second kappa shape index (κ2) is 12.7. The molecule has 3 aromatic rings. The molecule has 10 nitrogen and oxygen atoms in total. The summed E-state index contributed by atoms with van der Waals surface area (Å²) in [4.78, 5) is 38.4. The summed E-state index contributed by atoms with van der Waals surface area (Å²) in [5.74, 6) is -1.06. The number of hydrogen-bond acceptors (Lipinski definition) is 6. The third-order valence-electron chi connectivity index (χ3n) is 5.70. The molecule has 200 valence electrons. The van der Waals surface area contributed by atoms with Crippen molar-refractivity contribution in [1.82, 2.24) is 10.2 Å². The van der Waals surface area contributed by atoms with Crippen LogP contribution in [0.25, 0.3) is 0 Å². The predicted molar refractivity (Wildman–Crippen MR) is 147 cm³/mol. The first-order chi connectivity index (χ1) is 18.0. The van der Waals surface area contributed by atoms with Gasteiger partial charge in [0.2, 0.25) is 11.8 Å². The maximum absolute atomic E-state index is 13.8. The Balaban J connectivity index is 2.06. The lowest BCUT2D eigenvalue weighted by molar-refractivity contribution is -0.384. The number of likely N-dealkylation sites (N-methyl/N-ethyl adjacent to an activating group) is 1. The molecule has 0 aliphatic carbocycles. The van der Waals surface area contributed by atoms with Gasteiger partial charge in [-0.05, 0) is 49.7 Å². The van der Waals surface area contributed by atoms with Gasteiger partial charge in [-0.3, -0.25) is 24.0 Å². The number of benzene rings is 3. The summed E-state index contributed by atoms with van der Waals surface area (Å²) in [7, 11) is -4.31. The van der Waals surface area contributed by atoms with Crippen molar-refractivity contribution in [1.29, 1.82) is 0 Å². The summed E-state index contributed by atoms with van der Waals surface area (Å²) in [6.07, 6.45) is 0. The Bertz CT molecular complexity index is 1420. The minimum Gasteiger partial charge on any atom is -0.355 e. The van der Waals surface area contributed by atoms with Gasteiger partial charge in [0.1, 0.15) is 12.6 Å². The molecule has 0 saturated heterocycles. The summed E-state index contributed by atoms with van der Waals surface area (Å²) < 4.78 is 29.0. The zero-order valence-electron chi connectivity index (χ0n) is 20.8. The van der Waals surface area contributed by atoms with Crippen LogP contribution >= 0.6 is 15.9 Å². The molecule has 0 aliphatic heterocycles. The largest absolute Gasteiger partial charge is 0.355 e. The molecule has 0 aliphatic rings. The maximum Gasteiger partial charge on any atom is 0.271 e. The van der Waals surface area contributed by atoms with E-state index in [1.54, 1.807) is 38.1 Å². The normalized spacial score (nSPS) is 11.9. The maximum atomic E-state index is 13.8. The zero-order chi connectivity index (χ0) is 27.9. The Morgan fingerprint density at radius 1 is 1.03 bits per heavy atom. The fourth-order valence-electron chi connectivity index (χ4n) is 3.75. The van der Waals surface area contributed by atoms with Gasteiger partial charge < -0.3 is 10.2 Å². The summed E-state index contributed by atoms with van der Waals surface area (Å²) in [6.45, 7) is 3.01. The molecule has 1 N–H and O–H groups in total. The summed E-state index contributed by atoms with van der Waals surface area (Å²) in [5, 5.41) is 14.1. The molecule has 0 bridgehead atoms. The van der Waals surface area contributed by atoms with Crippen molar-refractivity contribution in [3.8, 4) is 0 Å². The van der Waals surface area contributed by atoms with Crippen LogP contribution in [0.3, 0.4) is 0 Å². The number of anilines is 1. The van der Waals surface area contributed by atoms with Crippen LogP contribution in [0.2, 0.25) is 0 Å². The van der Waals surface area contributed by atoms with E-state index in [0.29, 0.717) is 6.54 Å². The van der Waals surface area contributed by atoms with Crippen LogP contribution in [0.4, 0.5) is 11.4 Å². The second-order valence-corrected chi connectivity index (χ2v) is 11.1. The van der Waals surface area contributed by atoms with Crippen molar-refractivity contribution in [2.75, 3.05) is 17.4 Å². The molecule has 0 fully saturated rings. The zero-order valence-corrected chi connectivity index (χ0v) is 23.2. The number of carbonyl (C=O) groups excluding carboxylic acids is 2. The number of non-ortho nitro benzene ring substituents is 1. The van der Waals surface area contributed by atoms with Gasteiger partial charge in [0.05, 0.1) is 15.5 Å². The van der Waals surface area contributed by atoms with E-state index in [1.807, 2.05) is 6.07 Å². The van der Waals surface area contributed by atoms with E-state index in [9.17, 15) is 28.1 Å². The highest BCUT2D eigenvalue weighted by Gasteiger charge is 2.33. The fourth-order valence-corrected chi connectivity index (χ4v) is 5.62. The van der Waals surface area contributed by atoms with Crippen molar-refractivity contribution in [3.05, 3.63) is 99.0 Å². The number of halogens is 1. The smallest absolute Gasteiger partial charge is 0.271 e. The molecule has 3 aromatic carbocycles. The molecule has 12 heteroatoms. The number of nitro benzene ring substituents is 1. The Hall–Kier alpha value is -3.77. The molecular weight excluding hydrogens is 576 g/mol. The molecule has 0 unspecified atom stereocenters. The van der Waals surface area contributed by atoms with Crippen LogP contribution in [-0.4, -0.2) is 49.2 Å². The molecule has 1 atom stereocenters. The minimum atomic E-state index is -4.31. The summed E-state index contributed by atoms with van der Waals surface area (Å²) in [5.41, 5.74) is 0.339. The highest BCUT2D eigenvalue weighted by molar-refractivity contribution is 9.10. The van der Waals surface area contributed by atoms with Crippen LogP contribution in [0, 0.1) is 10.1 Å². The quantitative estimate of drug-likeness (QED) is 0.260. The number of hydrogen-bond donors (Lipinski definition) is 1. The Labute approximate surface area is 229 Å². The van der Waals surface area contributed by atoms with Crippen LogP contribution in [0.5, 0.6) is 0 Å². The predicted octanol–water partition coefficient (Wildman–Crippen LogP) is 4.11. The van der Waals surface area contributed by atoms with E-state index in [-0.39, 0.29) is 22.8 Å². The van der Waals surface area contributed by atoms with Gasteiger partial charge in [-0.2, -0.15) is 0 Å². The lowest BCUT2D eigenvalue weighted by atomic mass is 10.1. The van der Waals surface area contributed by atoms with Gasteiger partial charge in [0.25, 0.3) is 15.7 Å². The van der Waals surface area contributed by atoms with Crippen molar-refractivity contribution in [3.63, 3.8) is 0 Å². The van der Waals surface area contributed by atoms with Crippen LogP contribution < -0.4 is 9.62 Å². The van der Waals surface area contributed by atoms with Gasteiger partial charge in [-0.15, -0.1) is 0 Å². The SMILES string of the molecule is CCNC(=O)[C@H](C)N(Cc1cccc(Br)c1)C(=O)CN(c1cccc([N+](=O)[O-])c1)S(=O)(=O)c1ccccc1. The number of nitro groups is 1.